The molecule has 0 aliphatic heterocycles. The minimum absolute atomic E-state index is 0.152. The largest absolute Gasteiger partial charge is 0.490 e. The fourth-order valence-electron chi connectivity index (χ4n) is 2.42. The van der Waals surface area contributed by atoms with Crippen LogP contribution in [-0.2, 0) is 11.3 Å². The van der Waals surface area contributed by atoms with E-state index in [2.05, 4.69) is 26.0 Å². The molecule has 3 aromatic rings. The quantitative estimate of drug-likeness (QED) is 0.386. The zero-order valence-electron chi connectivity index (χ0n) is 17.1. The second kappa shape index (κ2) is 11.6. The number of halogens is 3. The van der Waals surface area contributed by atoms with Crippen LogP contribution in [0, 0.1) is 6.92 Å². The second-order valence-electron chi connectivity index (χ2n) is 6.56. The normalized spacial score (nSPS) is 10.9. The van der Waals surface area contributed by atoms with Crippen LogP contribution >= 0.6 is 0 Å². The Bertz CT molecular complexity index is 1000. The van der Waals surface area contributed by atoms with Crippen LogP contribution in [0.25, 0.3) is 11.3 Å². The highest BCUT2D eigenvalue weighted by Crippen LogP contribution is 2.16. The minimum Gasteiger partial charge on any atom is -0.475 e. The molecule has 0 bridgehead atoms. The van der Waals surface area contributed by atoms with Gasteiger partial charge in [0.25, 0.3) is 5.91 Å². The van der Waals surface area contributed by atoms with Crippen molar-refractivity contribution in [3.8, 4) is 11.3 Å². The number of hydrogen-bond acceptors (Lipinski definition) is 6. The maximum absolute atomic E-state index is 12.1. The summed E-state index contributed by atoms with van der Waals surface area (Å²) in [6.07, 6.45) is -4.27. The lowest BCUT2D eigenvalue weighted by atomic mass is 10.1. The fourth-order valence-corrected chi connectivity index (χ4v) is 2.42. The van der Waals surface area contributed by atoms with Gasteiger partial charge in [-0.3, -0.25) is 9.89 Å². The molecule has 0 radical (unpaired) electrons. The predicted octanol–water partition coefficient (Wildman–Crippen LogP) is 2.92. The van der Waals surface area contributed by atoms with E-state index in [1.165, 1.54) is 0 Å². The molecule has 0 saturated carbocycles. The van der Waals surface area contributed by atoms with E-state index in [1.54, 1.807) is 6.07 Å². The van der Waals surface area contributed by atoms with Gasteiger partial charge < -0.3 is 20.3 Å². The summed E-state index contributed by atoms with van der Waals surface area (Å²) in [6, 6.07) is 13.4. The molecule has 0 fully saturated rings. The van der Waals surface area contributed by atoms with Crippen LogP contribution in [0.4, 0.5) is 13.2 Å². The third kappa shape index (κ3) is 8.22. The molecule has 12 heteroatoms. The molecule has 0 spiro atoms. The lowest BCUT2D eigenvalue weighted by Gasteiger charge is -2.04. The number of carboxylic acid groups (broad SMARTS) is 1. The van der Waals surface area contributed by atoms with E-state index < -0.39 is 12.1 Å². The van der Waals surface area contributed by atoms with Gasteiger partial charge in [-0.25, -0.2) is 4.79 Å². The number of aromatic amines is 1. The summed E-state index contributed by atoms with van der Waals surface area (Å²) < 4.78 is 36.8. The summed E-state index contributed by atoms with van der Waals surface area (Å²) >= 11 is 0. The van der Waals surface area contributed by atoms with Crippen LogP contribution in [0.15, 0.2) is 47.0 Å². The first kappa shape index (κ1) is 24.6. The van der Waals surface area contributed by atoms with Crippen LogP contribution in [0.2, 0.25) is 0 Å². The van der Waals surface area contributed by atoms with E-state index in [1.807, 2.05) is 43.3 Å². The molecule has 1 amide bonds. The molecule has 0 aliphatic rings. The Morgan fingerprint density at radius 1 is 1.16 bits per heavy atom. The fraction of sp³-hybridized carbons (Fsp3) is 0.300. The lowest BCUT2D eigenvalue weighted by Crippen LogP contribution is -2.27. The van der Waals surface area contributed by atoms with E-state index >= 15 is 0 Å². The highest BCUT2D eigenvalue weighted by atomic mass is 19.4. The van der Waals surface area contributed by atoms with Gasteiger partial charge in [0.15, 0.2) is 5.76 Å². The number of amides is 1. The molecule has 0 aliphatic carbocycles. The predicted molar refractivity (Wildman–Crippen MR) is 108 cm³/mol. The van der Waals surface area contributed by atoms with Crippen LogP contribution in [0.1, 0.15) is 28.4 Å². The van der Waals surface area contributed by atoms with Gasteiger partial charge in [0.05, 0.1) is 17.9 Å². The zero-order chi connectivity index (χ0) is 23.6. The average Bonchev–Trinajstić information content (AvgIpc) is 3.40. The number of carbonyl (C=O) groups is 2. The number of rotatable bonds is 8. The molecule has 1 aromatic carbocycles. The van der Waals surface area contributed by atoms with Crippen molar-refractivity contribution < 1.29 is 32.4 Å². The molecular weight excluding hydrogens is 431 g/mol. The average molecular weight is 453 g/mol. The number of aliphatic carboxylic acids is 1. The number of alkyl halides is 3. The molecule has 4 N–H and O–H groups in total. The van der Waals surface area contributed by atoms with Crippen LogP contribution in [-0.4, -0.2) is 51.6 Å². The zero-order valence-corrected chi connectivity index (χ0v) is 17.1. The molecule has 0 saturated heterocycles. The monoisotopic (exact) mass is 453 g/mol. The highest BCUT2D eigenvalue weighted by molar-refractivity contribution is 5.93. The third-order valence-corrected chi connectivity index (χ3v) is 3.93. The van der Waals surface area contributed by atoms with Crippen LogP contribution < -0.4 is 10.6 Å². The number of H-pyrrole nitrogens is 1. The van der Waals surface area contributed by atoms with Gasteiger partial charge in [-0.2, -0.15) is 18.3 Å². The van der Waals surface area contributed by atoms with Crippen molar-refractivity contribution in [2.75, 3.05) is 13.1 Å². The third-order valence-electron chi connectivity index (χ3n) is 3.93. The Morgan fingerprint density at radius 2 is 1.84 bits per heavy atom. The Balaban J connectivity index is 0.000000451. The summed E-state index contributed by atoms with van der Waals surface area (Å²) in [4.78, 5) is 21.0. The van der Waals surface area contributed by atoms with Gasteiger partial charge in [-0.05, 0) is 26.0 Å². The van der Waals surface area contributed by atoms with Crippen molar-refractivity contribution >= 4 is 11.9 Å². The number of nitrogens with zero attached hydrogens (tertiary/aromatic N) is 2. The molecule has 32 heavy (non-hydrogen) atoms. The van der Waals surface area contributed by atoms with E-state index in [-0.39, 0.29) is 5.91 Å². The summed E-state index contributed by atoms with van der Waals surface area (Å²) in [6.45, 7) is 3.89. The Labute approximate surface area is 181 Å². The Hall–Kier alpha value is -3.67. The number of carbonyl (C=O) groups excluding carboxylic acids is 1. The lowest BCUT2D eigenvalue weighted by molar-refractivity contribution is -0.192. The van der Waals surface area contributed by atoms with Gasteiger partial charge in [-0.1, -0.05) is 35.5 Å². The van der Waals surface area contributed by atoms with Crippen LogP contribution in [0.3, 0.4) is 0 Å². The van der Waals surface area contributed by atoms with Gasteiger partial charge >= 0.3 is 12.1 Å². The summed E-state index contributed by atoms with van der Waals surface area (Å²) in [5.41, 5.74) is 3.07. The van der Waals surface area contributed by atoms with Gasteiger partial charge in [-0.15, -0.1) is 0 Å². The molecule has 0 atom stereocenters. The van der Waals surface area contributed by atoms with E-state index in [4.69, 9.17) is 14.4 Å². The van der Waals surface area contributed by atoms with Crippen molar-refractivity contribution in [3.63, 3.8) is 0 Å². The Morgan fingerprint density at radius 3 is 2.44 bits per heavy atom. The molecule has 3 rings (SSSR count). The van der Waals surface area contributed by atoms with Crippen molar-refractivity contribution in [1.29, 1.82) is 0 Å². The second-order valence-corrected chi connectivity index (χ2v) is 6.56. The molecule has 9 nitrogen and oxygen atoms in total. The van der Waals surface area contributed by atoms with Crippen LogP contribution in [0.5, 0.6) is 0 Å². The van der Waals surface area contributed by atoms with Crippen molar-refractivity contribution in [2.45, 2.75) is 26.1 Å². The number of benzene rings is 1. The van der Waals surface area contributed by atoms with Gasteiger partial charge in [0.2, 0.25) is 0 Å². The summed E-state index contributed by atoms with van der Waals surface area (Å²) in [5.74, 6) is -2.10. The maximum Gasteiger partial charge on any atom is 0.490 e. The summed E-state index contributed by atoms with van der Waals surface area (Å²) in [5, 5.41) is 24.1. The van der Waals surface area contributed by atoms with Crippen molar-refractivity contribution in [1.82, 2.24) is 26.0 Å². The number of hydrogen-bond donors (Lipinski definition) is 4. The summed E-state index contributed by atoms with van der Waals surface area (Å²) in [7, 11) is 0. The van der Waals surface area contributed by atoms with Gasteiger partial charge in [0, 0.05) is 18.2 Å². The van der Waals surface area contributed by atoms with E-state index in [9.17, 15) is 18.0 Å². The molecular formula is C20H22F3N5O4. The van der Waals surface area contributed by atoms with Gasteiger partial charge in [0.1, 0.15) is 5.69 Å². The van der Waals surface area contributed by atoms with E-state index in [0.717, 1.165) is 35.7 Å². The number of aromatic nitrogens is 3. The topological polar surface area (TPSA) is 133 Å². The first-order chi connectivity index (χ1) is 15.2. The number of nitrogens with one attached hydrogen (secondary N) is 3. The first-order valence-electron chi connectivity index (χ1n) is 9.49. The Kier molecular flexibility index (Phi) is 8.95. The first-order valence-corrected chi connectivity index (χ1v) is 9.49. The molecule has 2 aromatic heterocycles. The molecule has 172 valence electrons. The molecule has 0 unspecified atom stereocenters. The van der Waals surface area contributed by atoms with E-state index in [0.29, 0.717) is 18.8 Å². The minimum atomic E-state index is -5.08. The standard InChI is InChI=1S/C18H21N5O2.C2HF3O2/c1-13-10-15(25-23-13)12-19-8-5-9-20-18(24)17-11-16(21-22-17)14-6-3-2-4-7-14;3-2(4,5)1(6)7/h2-4,6-7,10-11,19H,5,8-9,12H2,1H3,(H,20,24)(H,21,22);(H,6,7). The van der Waals surface area contributed by atoms with Crippen molar-refractivity contribution in [3.05, 3.63) is 59.6 Å². The maximum atomic E-state index is 12.1. The van der Waals surface area contributed by atoms with Crippen molar-refractivity contribution in [2.24, 2.45) is 0 Å². The smallest absolute Gasteiger partial charge is 0.475 e. The SMILES string of the molecule is Cc1cc(CNCCCNC(=O)c2cc(-c3ccccc3)n[nH]2)on1.O=C(O)C(F)(F)F. The number of aryl methyl sites for hydroxylation is 1. The number of carboxylic acids is 1. The highest BCUT2D eigenvalue weighted by Gasteiger charge is 2.38. The molecule has 2 heterocycles.